The topological polar surface area (TPSA) is 52.8 Å². The summed E-state index contributed by atoms with van der Waals surface area (Å²) in [4.78, 5) is 17.5. The van der Waals surface area contributed by atoms with Crippen LogP contribution in [-0.4, -0.2) is 17.3 Å². The van der Waals surface area contributed by atoms with Gasteiger partial charge in [0.05, 0.1) is 22.3 Å². The van der Waals surface area contributed by atoms with E-state index in [9.17, 15) is 4.79 Å². The van der Waals surface area contributed by atoms with E-state index >= 15 is 0 Å². The van der Waals surface area contributed by atoms with Crippen molar-refractivity contribution >= 4 is 50.1 Å². The van der Waals surface area contributed by atoms with Crippen LogP contribution in [0.3, 0.4) is 0 Å². The lowest BCUT2D eigenvalue weighted by atomic mass is 10.2. The minimum absolute atomic E-state index is 0.212. The third-order valence-corrected chi connectivity index (χ3v) is 5.71. The maximum absolute atomic E-state index is 12.6. The molecule has 0 saturated heterocycles. The number of hydrogen-bond donors (Lipinski definition) is 0. The molecule has 4 rings (SSSR count). The number of thiazole rings is 1. The van der Waals surface area contributed by atoms with Gasteiger partial charge in [-0.3, -0.25) is 4.79 Å². The van der Waals surface area contributed by atoms with Gasteiger partial charge in [0.2, 0.25) is 6.79 Å². The second kappa shape index (κ2) is 6.54. The van der Waals surface area contributed by atoms with Crippen LogP contribution >= 0.6 is 33.9 Å². The first-order valence-electron chi connectivity index (χ1n) is 7.37. The van der Waals surface area contributed by atoms with Gasteiger partial charge in [0.25, 0.3) is 5.91 Å². The molecule has 2 aromatic carbocycles. The van der Waals surface area contributed by atoms with E-state index in [0.717, 1.165) is 13.8 Å². The summed E-state index contributed by atoms with van der Waals surface area (Å²) in [6, 6.07) is 11.1. The van der Waals surface area contributed by atoms with Gasteiger partial charge in [-0.1, -0.05) is 29.4 Å². The molecule has 1 aliphatic rings. The summed E-state index contributed by atoms with van der Waals surface area (Å²) in [5, 5.41) is 0. The van der Waals surface area contributed by atoms with Crippen molar-refractivity contribution in [3.05, 3.63) is 50.3 Å². The van der Waals surface area contributed by atoms with Crippen molar-refractivity contribution in [3.8, 4) is 23.8 Å². The summed E-state index contributed by atoms with van der Waals surface area (Å²) >= 11 is 3.53. The van der Waals surface area contributed by atoms with E-state index in [1.54, 1.807) is 6.07 Å². The third kappa shape index (κ3) is 2.92. The Balaban J connectivity index is 1.89. The van der Waals surface area contributed by atoms with Crippen molar-refractivity contribution in [1.29, 1.82) is 0 Å². The van der Waals surface area contributed by atoms with Crippen LogP contribution in [0.1, 0.15) is 10.4 Å². The molecule has 0 atom stereocenters. The fourth-order valence-electron chi connectivity index (χ4n) is 2.57. The number of carbonyl (C=O) groups excluding carboxylic acids is 1. The van der Waals surface area contributed by atoms with Crippen molar-refractivity contribution in [2.45, 2.75) is 6.54 Å². The molecule has 0 spiro atoms. The molecular formula is C18H11IN2O3S. The Morgan fingerprint density at radius 2 is 2.08 bits per heavy atom. The standard InChI is InChI=1S/C18H11IN2O3S/c1-2-7-21-13-8-14-15(24-10-23-14)9-16(13)25-18(21)20-17(22)11-5-3-4-6-12(11)19/h1,3-6,8-9H,7,10H2. The zero-order valence-corrected chi connectivity index (χ0v) is 15.8. The molecule has 0 aliphatic carbocycles. The van der Waals surface area contributed by atoms with Crippen molar-refractivity contribution in [2.24, 2.45) is 4.99 Å². The average Bonchev–Trinajstić information content (AvgIpc) is 3.18. The summed E-state index contributed by atoms with van der Waals surface area (Å²) in [5.74, 6) is 3.69. The highest BCUT2D eigenvalue weighted by Gasteiger charge is 2.18. The Labute approximate surface area is 161 Å². The fraction of sp³-hybridized carbons (Fsp3) is 0.111. The molecule has 7 heteroatoms. The highest BCUT2D eigenvalue weighted by molar-refractivity contribution is 14.1. The van der Waals surface area contributed by atoms with Crippen LogP contribution in [0.25, 0.3) is 10.2 Å². The molecule has 25 heavy (non-hydrogen) atoms. The minimum atomic E-state index is -0.289. The molecule has 0 N–H and O–H groups in total. The summed E-state index contributed by atoms with van der Waals surface area (Å²) in [6.45, 7) is 0.529. The molecule has 0 radical (unpaired) electrons. The van der Waals surface area contributed by atoms with Crippen molar-refractivity contribution in [2.75, 3.05) is 6.79 Å². The van der Waals surface area contributed by atoms with E-state index in [0.29, 0.717) is 28.4 Å². The van der Waals surface area contributed by atoms with Crippen molar-refractivity contribution in [1.82, 2.24) is 4.57 Å². The van der Waals surface area contributed by atoms with Crippen LogP contribution in [0, 0.1) is 15.9 Å². The second-order valence-corrected chi connectivity index (χ2v) is 7.42. The third-order valence-electron chi connectivity index (χ3n) is 3.73. The van der Waals surface area contributed by atoms with Crippen LogP contribution in [-0.2, 0) is 6.54 Å². The van der Waals surface area contributed by atoms with Crippen molar-refractivity contribution in [3.63, 3.8) is 0 Å². The van der Waals surface area contributed by atoms with E-state index in [1.807, 2.05) is 34.9 Å². The van der Waals surface area contributed by atoms with Gasteiger partial charge in [0.15, 0.2) is 16.3 Å². The SMILES string of the molecule is C#CCn1c(=NC(=O)c2ccccc2I)sc2cc3c(cc21)OCO3. The molecule has 1 amide bonds. The Hall–Kier alpha value is -2.31. The van der Waals surface area contributed by atoms with E-state index in [1.165, 1.54) is 11.3 Å². The number of carbonyl (C=O) groups is 1. The number of amides is 1. The Kier molecular flexibility index (Phi) is 4.23. The summed E-state index contributed by atoms with van der Waals surface area (Å²) < 4.78 is 14.5. The predicted octanol–water partition coefficient (Wildman–Crippen LogP) is 3.41. The number of fused-ring (bicyclic) bond motifs is 2. The van der Waals surface area contributed by atoms with Gasteiger partial charge in [-0.05, 0) is 34.7 Å². The molecule has 124 valence electrons. The lowest BCUT2D eigenvalue weighted by Crippen LogP contribution is -2.16. The molecule has 5 nitrogen and oxygen atoms in total. The van der Waals surface area contributed by atoms with Gasteiger partial charge >= 0.3 is 0 Å². The van der Waals surface area contributed by atoms with E-state index < -0.39 is 0 Å². The quantitative estimate of drug-likeness (QED) is 0.434. The van der Waals surface area contributed by atoms with Gasteiger partial charge in [-0.2, -0.15) is 4.99 Å². The van der Waals surface area contributed by atoms with Gasteiger partial charge in [-0.25, -0.2) is 0 Å². The zero-order chi connectivity index (χ0) is 17.4. The number of nitrogens with zero attached hydrogens (tertiary/aromatic N) is 2. The minimum Gasteiger partial charge on any atom is -0.454 e. The van der Waals surface area contributed by atoms with Gasteiger partial charge in [-0.15, -0.1) is 6.42 Å². The lowest BCUT2D eigenvalue weighted by molar-refractivity contribution is 0.0997. The van der Waals surface area contributed by atoms with Crippen LogP contribution in [0.5, 0.6) is 11.5 Å². The summed E-state index contributed by atoms with van der Waals surface area (Å²) in [5.41, 5.74) is 1.45. The monoisotopic (exact) mass is 462 g/mol. The number of benzene rings is 2. The first-order chi connectivity index (χ1) is 12.2. The van der Waals surface area contributed by atoms with Gasteiger partial charge in [0.1, 0.15) is 0 Å². The van der Waals surface area contributed by atoms with Crippen LogP contribution in [0.2, 0.25) is 0 Å². The Morgan fingerprint density at radius 3 is 2.84 bits per heavy atom. The Morgan fingerprint density at radius 1 is 1.32 bits per heavy atom. The normalized spacial score (nSPS) is 13.2. The summed E-state index contributed by atoms with van der Waals surface area (Å²) in [6.07, 6.45) is 5.51. The molecule has 2 heterocycles. The zero-order valence-electron chi connectivity index (χ0n) is 12.9. The van der Waals surface area contributed by atoms with Crippen molar-refractivity contribution < 1.29 is 14.3 Å². The molecule has 0 saturated carbocycles. The van der Waals surface area contributed by atoms with Crippen LogP contribution < -0.4 is 14.3 Å². The second-order valence-electron chi connectivity index (χ2n) is 5.24. The Bertz CT molecular complexity index is 1110. The highest BCUT2D eigenvalue weighted by Crippen LogP contribution is 2.36. The molecular weight excluding hydrogens is 451 g/mol. The molecule has 0 fully saturated rings. The first kappa shape index (κ1) is 16.2. The molecule has 0 unspecified atom stereocenters. The van der Waals surface area contributed by atoms with E-state index in [4.69, 9.17) is 15.9 Å². The van der Waals surface area contributed by atoms with Gasteiger partial charge in [0, 0.05) is 15.7 Å². The number of aromatic nitrogens is 1. The molecule has 1 aliphatic heterocycles. The number of ether oxygens (including phenoxy) is 2. The lowest BCUT2D eigenvalue weighted by Gasteiger charge is -2.02. The largest absolute Gasteiger partial charge is 0.454 e. The number of rotatable bonds is 2. The highest BCUT2D eigenvalue weighted by atomic mass is 127. The maximum atomic E-state index is 12.6. The average molecular weight is 462 g/mol. The number of hydrogen-bond acceptors (Lipinski definition) is 4. The van der Waals surface area contributed by atoms with E-state index in [2.05, 4.69) is 33.5 Å². The molecule has 1 aromatic heterocycles. The van der Waals surface area contributed by atoms with Crippen LogP contribution in [0.4, 0.5) is 0 Å². The molecule has 0 bridgehead atoms. The fourth-order valence-corrected chi connectivity index (χ4v) is 4.23. The first-order valence-corrected chi connectivity index (χ1v) is 9.27. The summed E-state index contributed by atoms with van der Waals surface area (Å²) in [7, 11) is 0. The maximum Gasteiger partial charge on any atom is 0.280 e. The molecule has 3 aromatic rings. The van der Waals surface area contributed by atoms with E-state index in [-0.39, 0.29) is 12.7 Å². The van der Waals surface area contributed by atoms with Gasteiger partial charge < -0.3 is 14.0 Å². The van der Waals surface area contributed by atoms with Crippen LogP contribution in [0.15, 0.2) is 41.4 Å². The smallest absolute Gasteiger partial charge is 0.280 e. The number of terminal acetylenes is 1. The predicted molar refractivity (Wildman–Crippen MR) is 104 cm³/mol. The number of halogens is 1.